The summed E-state index contributed by atoms with van der Waals surface area (Å²) in [6.07, 6.45) is 4.48. The van der Waals surface area contributed by atoms with Crippen LogP contribution >= 0.6 is 11.3 Å². The van der Waals surface area contributed by atoms with Gasteiger partial charge in [0.1, 0.15) is 0 Å². The van der Waals surface area contributed by atoms with Crippen LogP contribution in [0.25, 0.3) is 10.4 Å². The van der Waals surface area contributed by atoms with Crippen molar-refractivity contribution in [3.63, 3.8) is 0 Å². The lowest BCUT2D eigenvalue weighted by Gasteiger charge is -2.12. The molecule has 98 valence electrons. The first-order valence-electron chi connectivity index (χ1n) is 6.43. The van der Waals surface area contributed by atoms with Gasteiger partial charge in [0.15, 0.2) is 0 Å². The summed E-state index contributed by atoms with van der Waals surface area (Å²) in [5, 5.41) is 7.80. The molecule has 1 atom stereocenters. The van der Waals surface area contributed by atoms with E-state index < -0.39 is 0 Å². The molecule has 0 fully saturated rings. The molecule has 0 spiro atoms. The molecule has 3 nitrogen and oxygen atoms in total. The van der Waals surface area contributed by atoms with Gasteiger partial charge < -0.3 is 5.32 Å². The highest BCUT2D eigenvalue weighted by Gasteiger charge is 2.13. The maximum absolute atomic E-state index is 4.41. The minimum absolute atomic E-state index is 0.478. The Morgan fingerprint density at radius 1 is 1.44 bits per heavy atom. The van der Waals surface area contributed by atoms with Gasteiger partial charge in [-0.2, -0.15) is 5.10 Å². The summed E-state index contributed by atoms with van der Waals surface area (Å²) >= 11 is 1.87. The van der Waals surface area contributed by atoms with Gasteiger partial charge in [-0.05, 0) is 32.5 Å². The predicted octanol–water partition coefficient (Wildman–Crippen LogP) is 3.52. The van der Waals surface area contributed by atoms with Gasteiger partial charge in [-0.3, -0.25) is 4.68 Å². The minimum Gasteiger partial charge on any atom is -0.312 e. The average molecular weight is 263 g/mol. The van der Waals surface area contributed by atoms with Crippen molar-refractivity contribution in [1.29, 1.82) is 0 Å². The van der Waals surface area contributed by atoms with E-state index >= 15 is 0 Å². The van der Waals surface area contributed by atoms with Crippen LogP contribution in [0.5, 0.6) is 0 Å². The first kappa shape index (κ1) is 13.3. The van der Waals surface area contributed by atoms with Gasteiger partial charge in [0.05, 0.1) is 5.69 Å². The van der Waals surface area contributed by atoms with Crippen LogP contribution in [0.1, 0.15) is 36.4 Å². The van der Waals surface area contributed by atoms with Gasteiger partial charge in [0.2, 0.25) is 0 Å². The van der Waals surface area contributed by atoms with Crippen LogP contribution in [0, 0.1) is 6.92 Å². The molecule has 0 aromatic carbocycles. The number of aromatic nitrogens is 2. The number of nitrogens with one attached hydrogen (secondary N) is 1. The minimum atomic E-state index is 0.478. The zero-order valence-corrected chi connectivity index (χ0v) is 12.3. The Hall–Kier alpha value is -1.13. The molecule has 0 aliphatic heterocycles. The monoisotopic (exact) mass is 263 g/mol. The molecule has 1 unspecified atom stereocenters. The number of nitrogens with zero attached hydrogens (tertiary/aromatic N) is 2. The molecule has 1 N–H and O–H groups in total. The van der Waals surface area contributed by atoms with E-state index in [2.05, 4.69) is 42.6 Å². The Balaban J connectivity index is 2.27. The standard InChI is InChI=1S/C14H21N3S/c1-5-6-12(15-3)14-8-7-13(18-14)11-9-17(4)16-10(11)2/h7-9,12,15H,5-6H2,1-4H3. The quantitative estimate of drug-likeness (QED) is 0.894. The van der Waals surface area contributed by atoms with Gasteiger partial charge >= 0.3 is 0 Å². The van der Waals surface area contributed by atoms with Gasteiger partial charge in [-0.1, -0.05) is 13.3 Å². The van der Waals surface area contributed by atoms with E-state index in [1.165, 1.54) is 28.2 Å². The first-order chi connectivity index (χ1) is 8.65. The number of aryl methyl sites for hydroxylation is 2. The summed E-state index contributed by atoms with van der Waals surface area (Å²) < 4.78 is 1.88. The first-order valence-corrected chi connectivity index (χ1v) is 7.25. The largest absolute Gasteiger partial charge is 0.312 e. The second kappa shape index (κ2) is 5.67. The maximum atomic E-state index is 4.41. The molecule has 0 saturated heterocycles. The second-order valence-corrected chi connectivity index (χ2v) is 5.75. The Labute approximate surface area is 113 Å². The molecule has 0 aliphatic carbocycles. The fourth-order valence-electron chi connectivity index (χ4n) is 2.24. The molecule has 4 heteroatoms. The number of rotatable bonds is 5. The average Bonchev–Trinajstić information content (AvgIpc) is 2.92. The highest BCUT2D eigenvalue weighted by Crippen LogP contribution is 2.34. The number of hydrogen-bond acceptors (Lipinski definition) is 3. The van der Waals surface area contributed by atoms with Crippen molar-refractivity contribution in [2.75, 3.05) is 7.05 Å². The van der Waals surface area contributed by atoms with E-state index in [1.54, 1.807) is 0 Å². The van der Waals surface area contributed by atoms with Gasteiger partial charge in [0, 0.05) is 34.6 Å². The van der Waals surface area contributed by atoms with Crippen LogP contribution in [-0.2, 0) is 7.05 Å². The van der Waals surface area contributed by atoms with E-state index in [1.807, 2.05) is 30.1 Å². The topological polar surface area (TPSA) is 29.9 Å². The number of thiophene rings is 1. The molecule has 18 heavy (non-hydrogen) atoms. The Kier molecular flexibility index (Phi) is 4.19. The predicted molar refractivity (Wildman–Crippen MR) is 78.0 cm³/mol. The van der Waals surface area contributed by atoms with E-state index in [-0.39, 0.29) is 0 Å². The molecule has 0 bridgehead atoms. The summed E-state index contributed by atoms with van der Waals surface area (Å²) in [4.78, 5) is 2.73. The van der Waals surface area contributed by atoms with E-state index in [0.29, 0.717) is 6.04 Å². The zero-order valence-electron chi connectivity index (χ0n) is 11.5. The van der Waals surface area contributed by atoms with Crippen molar-refractivity contribution < 1.29 is 0 Å². The summed E-state index contributed by atoms with van der Waals surface area (Å²) in [5.74, 6) is 0. The molecule has 2 aromatic heterocycles. The maximum Gasteiger partial charge on any atom is 0.0680 e. The second-order valence-electron chi connectivity index (χ2n) is 4.63. The molecule has 2 rings (SSSR count). The molecule has 0 aliphatic rings. The lowest BCUT2D eigenvalue weighted by molar-refractivity contribution is 0.550. The molecule has 0 radical (unpaired) electrons. The Morgan fingerprint density at radius 2 is 2.22 bits per heavy atom. The smallest absolute Gasteiger partial charge is 0.0680 e. The van der Waals surface area contributed by atoms with Crippen molar-refractivity contribution >= 4 is 11.3 Å². The van der Waals surface area contributed by atoms with E-state index in [4.69, 9.17) is 0 Å². The number of hydrogen-bond donors (Lipinski definition) is 1. The van der Waals surface area contributed by atoms with Crippen LogP contribution in [-0.4, -0.2) is 16.8 Å². The lowest BCUT2D eigenvalue weighted by Crippen LogP contribution is -2.14. The van der Waals surface area contributed by atoms with Crippen LogP contribution in [0.3, 0.4) is 0 Å². The van der Waals surface area contributed by atoms with Gasteiger partial charge in [-0.25, -0.2) is 0 Å². The summed E-state index contributed by atoms with van der Waals surface area (Å²) in [6.45, 7) is 4.29. The van der Waals surface area contributed by atoms with Crippen LogP contribution in [0.4, 0.5) is 0 Å². The summed E-state index contributed by atoms with van der Waals surface area (Å²) in [7, 11) is 4.01. The molecule has 0 saturated carbocycles. The van der Waals surface area contributed by atoms with Crippen LogP contribution in [0.15, 0.2) is 18.3 Å². The normalized spacial score (nSPS) is 12.9. The fraction of sp³-hybridized carbons (Fsp3) is 0.500. The van der Waals surface area contributed by atoms with Crippen LogP contribution in [0.2, 0.25) is 0 Å². The van der Waals surface area contributed by atoms with Crippen LogP contribution < -0.4 is 5.32 Å². The van der Waals surface area contributed by atoms with E-state index in [0.717, 1.165) is 5.69 Å². The highest BCUT2D eigenvalue weighted by atomic mass is 32.1. The fourth-order valence-corrected chi connectivity index (χ4v) is 3.46. The third kappa shape index (κ3) is 2.65. The van der Waals surface area contributed by atoms with Crippen molar-refractivity contribution in [2.45, 2.75) is 32.7 Å². The van der Waals surface area contributed by atoms with Gasteiger partial charge in [0.25, 0.3) is 0 Å². The van der Waals surface area contributed by atoms with Crippen molar-refractivity contribution in [3.05, 3.63) is 28.9 Å². The molecular formula is C14H21N3S. The Morgan fingerprint density at radius 3 is 2.78 bits per heavy atom. The molecule has 0 amide bonds. The van der Waals surface area contributed by atoms with Crippen molar-refractivity contribution in [2.24, 2.45) is 7.05 Å². The third-order valence-electron chi connectivity index (χ3n) is 3.17. The Bertz CT molecular complexity index is 513. The zero-order chi connectivity index (χ0) is 13.1. The van der Waals surface area contributed by atoms with E-state index in [9.17, 15) is 0 Å². The molecular weight excluding hydrogens is 242 g/mol. The van der Waals surface area contributed by atoms with Gasteiger partial charge in [-0.15, -0.1) is 11.3 Å². The molecule has 2 heterocycles. The SMILES string of the molecule is CCCC(NC)c1ccc(-c2cn(C)nc2C)s1. The molecule has 2 aromatic rings. The lowest BCUT2D eigenvalue weighted by atomic mass is 10.1. The highest BCUT2D eigenvalue weighted by molar-refractivity contribution is 7.15. The summed E-state index contributed by atoms with van der Waals surface area (Å²) in [5.41, 5.74) is 2.35. The van der Waals surface area contributed by atoms with Crippen molar-refractivity contribution in [1.82, 2.24) is 15.1 Å². The summed E-state index contributed by atoms with van der Waals surface area (Å²) in [6, 6.07) is 4.93. The third-order valence-corrected chi connectivity index (χ3v) is 4.41. The van der Waals surface area contributed by atoms with Crippen molar-refractivity contribution in [3.8, 4) is 10.4 Å².